The van der Waals surface area contributed by atoms with Crippen molar-refractivity contribution in [2.75, 3.05) is 25.4 Å². The summed E-state index contributed by atoms with van der Waals surface area (Å²) in [6.45, 7) is 5.91. The van der Waals surface area contributed by atoms with Gasteiger partial charge in [-0.15, -0.1) is 0 Å². The first-order valence-corrected chi connectivity index (χ1v) is 7.77. The number of sulfonamides is 1. The summed E-state index contributed by atoms with van der Waals surface area (Å²) in [7, 11) is -3.38. The Hall–Kier alpha value is -0.460. The fraction of sp³-hybridized carbons (Fsp3) is 0.909. The molecule has 0 aromatic rings. The summed E-state index contributed by atoms with van der Waals surface area (Å²) in [4.78, 5) is 13.9. The van der Waals surface area contributed by atoms with Crippen LogP contribution in [-0.2, 0) is 14.8 Å². The lowest BCUT2D eigenvalue weighted by atomic mass is 9.87. The van der Waals surface area contributed by atoms with E-state index in [4.69, 9.17) is 5.14 Å². The molecule has 1 aliphatic rings. The van der Waals surface area contributed by atoms with E-state index in [1.54, 1.807) is 0 Å². The van der Waals surface area contributed by atoms with E-state index < -0.39 is 10.0 Å². The summed E-state index contributed by atoms with van der Waals surface area (Å²) >= 11 is 0. The number of nitrogens with two attached hydrogens (primary N) is 1. The molecule has 0 aromatic carbocycles. The molecule has 5 nitrogen and oxygen atoms in total. The number of carbonyl (C=O) groups is 1. The van der Waals surface area contributed by atoms with Gasteiger partial charge < -0.3 is 4.90 Å². The SMILES string of the molecule is CC(C)C(=O)C1CCN(CCS(N)(=O)=O)CC1. The highest BCUT2D eigenvalue weighted by Crippen LogP contribution is 2.20. The van der Waals surface area contributed by atoms with Crippen LogP contribution in [0.25, 0.3) is 0 Å². The summed E-state index contributed by atoms with van der Waals surface area (Å²) in [5.41, 5.74) is 0. The summed E-state index contributed by atoms with van der Waals surface area (Å²) in [6, 6.07) is 0. The van der Waals surface area contributed by atoms with Gasteiger partial charge in [-0.1, -0.05) is 13.8 Å². The van der Waals surface area contributed by atoms with E-state index >= 15 is 0 Å². The number of hydrogen-bond donors (Lipinski definition) is 1. The molecule has 0 amide bonds. The van der Waals surface area contributed by atoms with Crippen LogP contribution in [0.4, 0.5) is 0 Å². The fourth-order valence-electron chi connectivity index (χ4n) is 2.17. The molecule has 17 heavy (non-hydrogen) atoms. The molecule has 0 saturated carbocycles. The van der Waals surface area contributed by atoms with Gasteiger partial charge in [0.2, 0.25) is 10.0 Å². The first-order valence-electron chi connectivity index (χ1n) is 6.06. The number of piperidine rings is 1. The van der Waals surface area contributed by atoms with Crippen molar-refractivity contribution in [1.82, 2.24) is 4.90 Å². The molecule has 0 aliphatic carbocycles. The molecule has 1 aliphatic heterocycles. The van der Waals surface area contributed by atoms with Gasteiger partial charge in [-0.05, 0) is 25.9 Å². The van der Waals surface area contributed by atoms with Crippen LogP contribution < -0.4 is 5.14 Å². The first-order chi connectivity index (χ1) is 7.79. The number of primary sulfonamides is 1. The van der Waals surface area contributed by atoms with Crippen LogP contribution in [0.5, 0.6) is 0 Å². The van der Waals surface area contributed by atoms with E-state index in [9.17, 15) is 13.2 Å². The molecule has 0 spiro atoms. The summed E-state index contributed by atoms with van der Waals surface area (Å²) in [6.07, 6.45) is 1.67. The normalized spacial score (nSPS) is 19.8. The number of ketones is 1. The smallest absolute Gasteiger partial charge is 0.210 e. The van der Waals surface area contributed by atoms with Crippen LogP contribution in [-0.4, -0.2) is 44.5 Å². The van der Waals surface area contributed by atoms with Gasteiger partial charge >= 0.3 is 0 Å². The highest BCUT2D eigenvalue weighted by atomic mass is 32.2. The Morgan fingerprint density at radius 2 is 1.88 bits per heavy atom. The summed E-state index contributed by atoms with van der Waals surface area (Å²) < 4.78 is 21.7. The van der Waals surface area contributed by atoms with E-state index in [0.29, 0.717) is 12.3 Å². The Morgan fingerprint density at radius 1 is 1.35 bits per heavy atom. The number of rotatable bonds is 5. The Kier molecular flexibility index (Phi) is 5.09. The van der Waals surface area contributed by atoms with Crippen molar-refractivity contribution in [2.24, 2.45) is 17.0 Å². The van der Waals surface area contributed by atoms with Crippen LogP contribution in [0, 0.1) is 11.8 Å². The fourth-order valence-corrected chi connectivity index (χ4v) is 2.68. The molecule has 0 radical (unpaired) electrons. The third kappa shape index (κ3) is 5.14. The predicted molar refractivity (Wildman–Crippen MR) is 67.0 cm³/mol. The van der Waals surface area contributed by atoms with Gasteiger partial charge in [0.25, 0.3) is 0 Å². The number of hydrogen-bond acceptors (Lipinski definition) is 4. The standard InChI is InChI=1S/C11H22N2O3S/c1-9(2)11(14)10-3-5-13(6-4-10)7-8-17(12,15)16/h9-10H,3-8H2,1-2H3,(H2,12,15,16). The highest BCUT2D eigenvalue weighted by Gasteiger charge is 2.26. The maximum absolute atomic E-state index is 11.8. The van der Waals surface area contributed by atoms with Crippen molar-refractivity contribution in [1.29, 1.82) is 0 Å². The molecule has 1 heterocycles. The molecule has 0 atom stereocenters. The van der Waals surface area contributed by atoms with E-state index in [-0.39, 0.29) is 17.6 Å². The molecule has 1 saturated heterocycles. The van der Waals surface area contributed by atoms with Crippen molar-refractivity contribution in [3.05, 3.63) is 0 Å². The van der Waals surface area contributed by atoms with Gasteiger partial charge in [0.1, 0.15) is 5.78 Å². The molecule has 0 unspecified atom stereocenters. The molecule has 0 aromatic heterocycles. The molecular formula is C11H22N2O3S. The quantitative estimate of drug-likeness (QED) is 0.768. The average Bonchev–Trinajstić information content (AvgIpc) is 2.25. The van der Waals surface area contributed by atoms with Crippen LogP contribution in [0.3, 0.4) is 0 Å². The Balaban J connectivity index is 2.34. The molecule has 1 rings (SSSR count). The predicted octanol–water partition coefficient (Wildman–Crippen LogP) is 0.212. The Bertz CT molecular complexity index is 357. The minimum absolute atomic E-state index is 0.00417. The second-order valence-electron chi connectivity index (χ2n) is 5.04. The lowest BCUT2D eigenvalue weighted by molar-refractivity contribution is -0.127. The zero-order valence-electron chi connectivity index (χ0n) is 10.6. The van der Waals surface area contributed by atoms with Gasteiger partial charge in [-0.25, -0.2) is 13.6 Å². The molecule has 100 valence electrons. The molecule has 1 fully saturated rings. The number of likely N-dealkylation sites (tertiary alicyclic amines) is 1. The van der Waals surface area contributed by atoms with Crippen LogP contribution in [0.1, 0.15) is 26.7 Å². The van der Waals surface area contributed by atoms with Crippen LogP contribution in [0.2, 0.25) is 0 Å². The van der Waals surface area contributed by atoms with Gasteiger partial charge in [-0.3, -0.25) is 4.79 Å². The van der Waals surface area contributed by atoms with Crippen LogP contribution in [0.15, 0.2) is 0 Å². The third-order valence-corrected chi connectivity index (χ3v) is 4.00. The maximum Gasteiger partial charge on any atom is 0.210 e. The maximum atomic E-state index is 11.8. The number of nitrogens with zero attached hydrogens (tertiary/aromatic N) is 1. The largest absolute Gasteiger partial charge is 0.302 e. The lowest BCUT2D eigenvalue weighted by Gasteiger charge is -2.31. The molecule has 0 bridgehead atoms. The van der Waals surface area contributed by atoms with E-state index in [1.165, 1.54) is 0 Å². The summed E-state index contributed by atoms with van der Waals surface area (Å²) in [5, 5.41) is 4.96. The van der Waals surface area contributed by atoms with E-state index in [0.717, 1.165) is 25.9 Å². The minimum atomic E-state index is -3.38. The zero-order valence-corrected chi connectivity index (χ0v) is 11.4. The van der Waals surface area contributed by atoms with Crippen molar-refractivity contribution in [3.8, 4) is 0 Å². The number of Topliss-reactive ketones (excluding diaryl/α,β-unsaturated/α-hetero) is 1. The number of carbonyl (C=O) groups excluding carboxylic acids is 1. The van der Waals surface area contributed by atoms with E-state index in [1.807, 2.05) is 13.8 Å². The van der Waals surface area contributed by atoms with E-state index in [2.05, 4.69) is 4.90 Å². The molecule has 6 heteroatoms. The third-order valence-electron chi connectivity index (χ3n) is 3.25. The van der Waals surface area contributed by atoms with Crippen LogP contribution >= 0.6 is 0 Å². The van der Waals surface area contributed by atoms with Crippen molar-refractivity contribution < 1.29 is 13.2 Å². The second-order valence-corrected chi connectivity index (χ2v) is 6.77. The Morgan fingerprint density at radius 3 is 2.29 bits per heavy atom. The minimum Gasteiger partial charge on any atom is -0.302 e. The molecule has 2 N–H and O–H groups in total. The van der Waals surface area contributed by atoms with Crippen molar-refractivity contribution >= 4 is 15.8 Å². The monoisotopic (exact) mass is 262 g/mol. The Labute approximate surface area is 103 Å². The van der Waals surface area contributed by atoms with Gasteiger partial charge in [-0.2, -0.15) is 0 Å². The lowest BCUT2D eigenvalue weighted by Crippen LogP contribution is -2.40. The van der Waals surface area contributed by atoms with Crippen molar-refractivity contribution in [2.45, 2.75) is 26.7 Å². The first kappa shape index (κ1) is 14.6. The summed E-state index contributed by atoms with van der Waals surface area (Å²) in [5.74, 6) is 0.572. The highest BCUT2D eigenvalue weighted by molar-refractivity contribution is 7.89. The average molecular weight is 262 g/mol. The van der Waals surface area contributed by atoms with Gasteiger partial charge in [0.05, 0.1) is 5.75 Å². The van der Waals surface area contributed by atoms with Crippen molar-refractivity contribution in [3.63, 3.8) is 0 Å². The van der Waals surface area contributed by atoms with Gasteiger partial charge in [0, 0.05) is 18.4 Å². The zero-order chi connectivity index (χ0) is 13.1. The second kappa shape index (κ2) is 5.93. The van der Waals surface area contributed by atoms with Gasteiger partial charge in [0.15, 0.2) is 0 Å². The topological polar surface area (TPSA) is 80.5 Å². The molecular weight excluding hydrogens is 240 g/mol.